The molecule has 2 heterocycles. The molecule has 3 amide bonds. The molecule has 2 aromatic rings. The Kier molecular flexibility index (Phi) is 3.85. The van der Waals surface area contributed by atoms with Gasteiger partial charge in [-0.2, -0.15) is 5.10 Å². The Hall–Kier alpha value is -2.70. The molecule has 0 radical (unpaired) electrons. The maximum atomic E-state index is 13.3. The molecule has 1 aliphatic rings. The van der Waals surface area contributed by atoms with E-state index in [-0.39, 0.29) is 24.2 Å². The van der Waals surface area contributed by atoms with Crippen molar-refractivity contribution in [3.8, 4) is 5.69 Å². The second kappa shape index (κ2) is 5.83. The molecule has 1 unspecified atom stereocenters. The minimum atomic E-state index is -0.493. The number of nitrogens with zero attached hydrogens (tertiary/aromatic N) is 3. The lowest BCUT2D eigenvalue weighted by atomic mass is 10.1. The number of benzene rings is 1. The molecular formula is C16H17FN4O2. The van der Waals surface area contributed by atoms with Crippen LogP contribution in [0.3, 0.4) is 0 Å². The lowest BCUT2D eigenvalue weighted by molar-refractivity contribution is -0.128. The second-order valence-corrected chi connectivity index (χ2v) is 5.83. The number of imide groups is 1. The molecule has 0 aliphatic carbocycles. The summed E-state index contributed by atoms with van der Waals surface area (Å²) >= 11 is 0. The van der Waals surface area contributed by atoms with E-state index in [1.807, 2.05) is 13.8 Å². The van der Waals surface area contributed by atoms with E-state index in [1.54, 1.807) is 24.4 Å². The van der Waals surface area contributed by atoms with Crippen LogP contribution in [-0.4, -0.2) is 32.7 Å². The van der Waals surface area contributed by atoms with Crippen molar-refractivity contribution in [2.45, 2.75) is 26.4 Å². The van der Waals surface area contributed by atoms with Gasteiger partial charge in [0.1, 0.15) is 11.9 Å². The predicted molar refractivity (Wildman–Crippen MR) is 81.2 cm³/mol. The number of halogens is 1. The van der Waals surface area contributed by atoms with Gasteiger partial charge < -0.3 is 5.32 Å². The van der Waals surface area contributed by atoms with Gasteiger partial charge in [-0.1, -0.05) is 19.9 Å². The first kappa shape index (κ1) is 15.2. The molecule has 1 atom stereocenters. The number of amides is 3. The van der Waals surface area contributed by atoms with Crippen LogP contribution in [0, 0.1) is 11.7 Å². The van der Waals surface area contributed by atoms with Crippen LogP contribution in [0.4, 0.5) is 9.18 Å². The third-order valence-corrected chi connectivity index (χ3v) is 3.76. The van der Waals surface area contributed by atoms with Crippen LogP contribution in [0.15, 0.2) is 36.5 Å². The molecule has 1 saturated heterocycles. The Labute approximate surface area is 132 Å². The van der Waals surface area contributed by atoms with Crippen molar-refractivity contribution in [2.24, 2.45) is 5.92 Å². The Balaban J connectivity index is 1.77. The summed E-state index contributed by atoms with van der Waals surface area (Å²) in [6.45, 7) is 3.85. The molecule has 1 aromatic carbocycles. The molecule has 1 N–H and O–H groups in total. The van der Waals surface area contributed by atoms with Crippen LogP contribution in [0.2, 0.25) is 0 Å². The zero-order valence-corrected chi connectivity index (χ0v) is 12.9. The van der Waals surface area contributed by atoms with Gasteiger partial charge in [0.05, 0.1) is 17.9 Å². The minimum absolute atomic E-state index is 0.0290. The lowest BCUT2D eigenvalue weighted by Crippen LogP contribution is -2.34. The van der Waals surface area contributed by atoms with Gasteiger partial charge in [0.2, 0.25) is 0 Å². The topological polar surface area (TPSA) is 67.2 Å². The number of rotatable bonds is 4. The summed E-state index contributed by atoms with van der Waals surface area (Å²) < 4.78 is 14.8. The van der Waals surface area contributed by atoms with Crippen molar-refractivity contribution in [3.05, 3.63) is 48.0 Å². The van der Waals surface area contributed by atoms with Crippen LogP contribution in [-0.2, 0) is 11.3 Å². The first-order chi connectivity index (χ1) is 11.0. The van der Waals surface area contributed by atoms with Gasteiger partial charge in [0, 0.05) is 6.20 Å². The van der Waals surface area contributed by atoms with Gasteiger partial charge in [-0.3, -0.25) is 9.69 Å². The predicted octanol–water partition coefficient (Wildman–Crippen LogP) is 2.09. The standard InChI is InChI=1S/C16H17FN4O2/c1-10(2)14-15(22)20(16(23)18-14)9-12-6-7-21(19-12)13-5-3-4-11(17)8-13/h3-8,10,14H,9H2,1-2H3,(H,18,23). The number of hydrogen-bond donors (Lipinski definition) is 1. The van der Waals surface area contributed by atoms with Crippen LogP contribution in [0.25, 0.3) is 5.69 Å². The fraction of sp³-hybridized carbons (Fsp3) is 0.312. The Morgan fingerprint density at radius 1 is 1.30 bits per heavy atom. The number of aromatic nitrogens is 2. The number of nitrogens with one attached hydrogen (secondary N) is 1. The van der Waals surface area contributed by atoms with Gasteiger partial charge in [0.25, 0.3) is 5.91 Å². The summed E-state index contributed by atoms with van der Waals surface area (Å²) in [6.07, 6.45) is 1.67. The van der Waals surface area contributed by atoms with Crippen LogP contribution in [0.1, 0.15) is 19.5 Å². The summed E-state index contributed by atoms with van der Waals surface area (Å²) in [5.74, 6) is -0.569. The molecule has 23 heavy (non-hydrogen) atoms. The smallest absolute Gasteiger partial charge is 0.325 e. The van der Waals surface area contributed by atoms with Gasteiger partial charge >= 0.3 is 6.03 Å². The van der Waals surface area contributed by atoms with E-state index in [1.165, 1.54) is 16.8 Å². The lowest BCUT2D eigenvalue weighted by Gasteiger charge is -2.13. The van der Waals surface area contributed by atoms with Crippen LogP contribution < -0.4 is 5.32 Å². The summed E-state index contributed by atoms with van der Waals surface area (Å²) in [6, 6.07) is 6.83. The van der Waals surface area contributed by atoms with E-state index < -0.39 is 12.1 Å². The second-order valence-electron chi connectivity index (χ2n) is 5.83. The van der Waals surface area contributed by atoms with Gasteiger partial charge in [-0.15, -0.1) is 0 Å². The first-order valence-electron chi connectivity index (χ1n) is 7.38. The molecule has 1 aliphatic heterocycles. The van der Waals surface area contributed by atoms with Crippen molar-refractivity contribution < 1.29 is 14.0 Å². The van der Waals surface area contributed by atoms with Gasteiger partial charge in [-0.05, 0) is 30.2 Å². The molecular weight excluding hydrogens is 299 g/mol. The van der Waals surface area contributed by atoms with E-state index >= 15 is 0 Å². The molecule has 3 rings (SSSR count). The zero-order valence-electron chi connectivity index (χ0n) is 12.9. The van der Waals surface area contributed by atoms with E-state index in [4.69, 9.17) is 0 Å². The highest BCUT2D eigenvalue weighted by Gasteiger charge is 2.39. The molecule has 1 aromatic heterocycles. The average Bonchev–Trinajstić information content (AvgIpc) is 3.07. The molecule has 0 saturated carbocycles. The van der Waals surface area contributed by atoms with Crippen molar-refractivity contribution in [1.82, 2.24) is 20.0 Å². The molecule has 0 spiro atoms. The minimum Gasteiger partial charge on any atom is -0.326 e. The number of carbonyl (C=O) groups excluding carboxylic acids is 2. The maximum Gasteiger partial charge on any atom is 0.325 e. The summed E-state index contributed by atoms with van der Waals surface area (Å²) in [5.41, 5.74) is 1.13. The fourth-order valence-electron chi connectivity index (χ4n) is 2.51. The molecule has 6 nitrogen and oxygen atoms in total. The quantitative estimate of drug-likeness (QED) is 0.878. The first-order valence-corrected chi connectivity index (χ1v) is 7.38. The van der Waals surface area contributed by atoms with Crippen molar-refractivity contribution in [2.75, 3.05) is 0 Å². The number of hydrogen-bond acceptors (Lipinski definition) is 3. The Bertz CT molecular complexity index is 756. The summed E-state index contributed by atoms with van der Waals surface area (Å²) in [5, 5.41) is 6.97. The maximum absolute atomic E-state index is 13.3. The van der Waals surface area contributed by atoms with Crippen LogP contribution in [0.5, 0.6) is 0 Å². The number of urea groups is 1. The Morgan fingerprint density at radius 2 is 2.09 bits per heavy atom. The monoisotopic (exact) mass is 316 g/mol. The van der Waals surface area contributed by atoms with E-state index in [0.717, 1.165) is 4.90 Å². The van der Waals surface area contributed by atoms with E-state index in [2.05, 4.69) is 10.4 Å². The highest BCUT2D eigenvalue weighted by Crippen LogP contribution is 2.17. The third-order valence-electron chi connectivity index (χ3n) is 3.76. The van der Waals surface area contributed by atoms with Crippen molar-refractivity contribution in [3.63, 3.8) is 0 Å². The van der Waals surface area contributed by atoms with Gasteiger partial charge in [0.15, 0.2) is 0 Å². The fourth-order valence-corrected chi connectivity index (χ4v) is 2.51. The third kappa shape index (κ3) is 2.94. The molecule has 120 valence electrons. The van der Waals surface area contributed by atoms with Crippen molar-refractivity contribution >= 4 is 11.9 Å². The highest BCUT2D eigenvalue weighted by molar-refractivity contribution is 6.04. The number of carbonyl (C=O) groups is 2. The molecule has 1 fully saturated rings. The zero-order chi connectivity index (χ0) is 16.6. The molecule has 0 bridgehead atoms. The van der Waals surface area contributed by atoms with Crippen LogP contribution >= 0.6 is 0 Å². The highest BCUT2D eigenvalue weighted by atomic mass is 19.1. The summed E-state index contributed by atoms with van der Waals surface area (Å²) in [4.78, 5) is 25.3. The van der Waals surface area contributed by atoms with E-state index in [9.17, 15) is 14.0 Å². The summed E-state index contributed by atoms with van der Waals surface area (Å²) in [7, 11) is 0. The normalized spacial score (nSPS) is 17.9. The largest absolute Gasteiger partial charge is 0.326 e. The van der Waals surface area contributed by atoms with Gasteiger partial charge in [-0.25, -0.2) is 13.9 Å². The molecule has 7 heteroatoms. The SMILES string of the molecule is CC(C)C1NC(=O)N(Cc2ccn(-c3cccc(F)c3)n2)C1=O. The van der Waals surface area contributed by atoms with E-state index in [0.29, 0.717) is 11.4 Å². The van der Waals surface area contributed by atoms with Crippen molar-refractivity contribution in [1.29, 1.82) is 0 Å². The average molecular weight is 316 g/mol. The Morgan fingerprint density at radius 3 is 2.74 bits per heavy atom.